The first-order valence-electron chi connectivity index (χ1n) is 12.6. The molecule has 0 bridgehead atoms. The molecule has 0 saturated carbocycles. The van der Waals surface area contributed by atoms with Gasteiger partial charge in [0.15, 0.2) is 5.82 Å². The molecule has 0 aliphatic rings. The fourth-order valence-electron chi connectivity index (χ4n) is 3.68. The van der Waals surface area contributed by atoms with E-state index in [4.69, 9.17) is 0 Å². The Kier molecular flexibility index (Phi) is 12.4. The molecule has 0 aliphatic carbocycles. The second kappa shape index (κ2) is 15.7. The van der Waals surface area contributed by atoms with E-state index in [1.807, 2.05) is 0 Å². The van der Waals surface area contributed by atoms with Gasteiger partial charge in [0.05, 0.1) is 30.8 Å². The van der Waals surface area contributed by atoms with Gasteiger partial charge in [0.1, 0.15) is 0 Å². The molecule has 4 aromatic rings. The molecule has 17 heteroatoms. The summed E-state index contributed by atoms with van der Waals surface area (Å²) in [5.41, 5.74) is 3.99. The van der Waals surface area contributed by atoms with E-state index in [0.717, 1.165) is 4.62 Å². The van der Waals surface area contributed by atoms with E-state index in [9.17, 15) is 35.1 Å². The highest BCUT2D eigenvalue weighted by Crippen LogP contribution is 2.24. The van der Waals surface area contributed by atoms with Crippen molar-refractivity contribution in [1.29, 1.82) is 0 Å². The molecule has 16 nitrogen and oxygen atoms in total. The van der Waals surface area contributed by atoms with Gasteiger partial charge in [-0.2, -0.15) is 4.68 Å². The summed E-state index contributed by atoms with van der Waals surface area (Å²) in [4.78, 5) is 45.2. The normalized spacial score (nSPS) is 10.5. The number of carbonyl (C=O) groups excluding carboxylic acids is 1. The molecule has 44 heavy (non-hydrogen) atoms. The Morgan fingerprint density at radius 1 is 0.795 bits per heavy atom. The van der Waals surface area contributed by atoms with Crippen molar-refractivity contribution in [3.63, 3.8) is 0 Å². The van der Waals surface area contributed by atoms with E-state index in [-0.39, 0.29) is 23.0 Å². The highest BCUT2D eigenvalue weighted by molar-refractivity contribution is 9.18. The lowest BCUT2D eigenvalue weighted by atomic mass is 10.2. The molecule has 1 heterocycles. The third kappa shape index (κ3) is 10.1. The molecule has 3 aromatic carbocycles. The number of rotatable bonds is 6. The minimum absolute atomic E-state index is 0.0547. The second-order valence-electron chi connectivity index (χ2n) is 9.14. The van der Waals surface area contributed by atoms with E-state index in [2.05, 4.69) is 41.8 Å². The quantitative estimate of drug-likeness (QED) is 0.135. The number of amides is 1. The first-order chi connectivity index (χ1) is 20.6. The number of hydrogen-bond donors (Lipinski definition) is 1. The van der Waals surface area contributed by atoms with Crippen LogP contribution in [-0.2, 0) is 4.79 Å². The zero-order chi connectivity index (χ0) is 33.1. The van der Waals surface area contributed by atoms with Gasteiger partial charge in [0.2, 0.25) is 5.91 Å². The highest BCUT2D eigenvalue weighted by atomic mass is 79.9. The van der Waals surface area contributed by atoms with Crippen LogP contribution < -0.4 is 5.32 Å². The number of aryl methyl sites for hydroxylation is 4. The lowest BCUT2D eigenvalue weighted by Gasteiger charge is -2.03. The average Bonchev–Trinajstić information content (AvgIpc) is 3.34. The van der Waals surface area contributed by atoms with Gasteiger partial charge in [0, 0.05) is 47.5 Å². The number of carbonyl (C=O) groups is 1. The zero-order valence-electron chi connectivity index (χ0n) is 24.5. The molecular weight excluding hydrogens is 642 g/mol. The zero-order valence-corrected chi connectivity index (χ0v) is 26.1. The number of tetrazole rings is 1. The van der Waals surface area contributed by atoms with Crippen molar-refractivity contribution in [2.24, 2.45) is 4.99 Å². The van der Waals surface area contributed by atoms with Gasteiger partial charge in [-0.3, -0.25) is 35.1 Å². The molecule has 0 aliphatic heterocycles. The van der Waals surface area contributed by atoms with Crippen molar-refractivity contribution in [2.45, 2.75) is 41.5 Å². The van der Waals surface area contributed by atoms with E-state index < -0.39 is 14.8 Å². The Balaban J connectivity index is 0.000000231. The smallest absolute Gasteiger partial charge is 0.272 e. The molecule has 230 valence electrons. The Hall–Kier alpha value is -5.45. The standard InChI is InChI=1S/C9H9BrN2O2.C9H9N5O2.C9H10N2O3/c1-6-5-8(11-7(2)10)3-4-9(6)12(13)14;1-6-5-8(3-4-9(6)14(15)16)13-7(2)10-11-12-13;1-6-5-8(10-7(2)12)3-4-9(6)11(13)14/h3-5H,1-2H3;3-5H,1-2H3;3-5H,1-2H3,(H,10,12). The van der Waals surface area contributed by atoms with Gasteiger partial charge in [-0.1, -0.05) is 0 Å². The SMILES string of the molecule is CC(=O)Nc1ccc([N+](=O)[O-])c(C)c1.CC(Br)=Nc1ccc([N+](=O)[O-])c(C)c1.Cc1cc(-n2nnnc2C)ccc1[N+](=O)[O-]. The first kappa shape index (κ1) is 34.7. The molecule has 0 spiro atoms. The van der Waals surface area contributed by atoms with Gasteiger partial charge in [-0.05, 0) is 97.4 Å². The van der Waals surface area contributed by atoms with Crippen LogP contribution in [0, 0.1) is 58.0 Å². The van der Waals surface area contributed by atoms with Gasteiger partial charge in [-0.15, -0.1) is 5.10 Å². The number of halogens is 1. The van der Waals surface area contributed by atoms with Crippen molar-refractivity contribution in [3.05, 3.63) is 107 Å². The van der Waals surface area contributed by atoms with Crippen LogP contribution in [0.3, 0.4) is 0 Å². The first-order valence-corrected chi connectivity index (χ1v) is 13.4. The molecule has 0 unspecified atom stereocenters. The molecule has 1 aromatic heterocycles. The molecular formula is C27H28BrN9O7. The third-order valence-corrected chi connectivity index (χ3v) is 5.80. The Bertz CT molecular complexity index is 1730. The number of hydrogen-bond acceptors (Lipinski definition) is 11. The second-order valence-corrected chi connectivity index (χ2v) is 10.3. The monoisotopic (exact) mass is 669 g/mol. The van der Waals surface area contributed by atoms with E-state index >= 15 is 0 Å². The van der Waals surface area contributed by atoms with Gasteiger partial charge >= 0.3 is 0 Å². The van der Waals surface area contributed by atoms with E-state index in [0.29, 0.717) is 39.6 Å². The van der Waals surface area contributed by atoms with Crippen LogP contribution in [0.4, 0.5) is 28.4 Å². The summed E-state index contributed by atoms with van der Waals surface area (Å²) < 4.78 is 2.27. The molecule has 1 N–H and O–H groups in total. The average molecular weight is 670 g/mol. The summed E-state index contributed by atoms with van der Waals surface area (Å²) in [6, 6.07) is 14.0. The Labute approximate surface area is 259 Å². The number of anilines is 1. The van der Waals surface area contributed by atoms with Crippen LogP contribution in [0.15, 0.2) is 59.6 Å². The van der Waals surface area contributed by atoms with Gasteiger partial charge in [-0.25, -0.2) is 4.99 Å². The molecule has 0 fully saturated rings. The largest absolute Gasteiger partial charge is 0.326 e. The highest BCUT2D eigenvalue weighted by Gasteiger charge is 2.13. The maximum atomic E-state index is 10.7. The topological polar surface area (TPSA) is 214 Å². The fraction of sp³-hybridized carbons (Fsp3) is 0.222. The number of nitrogens with one attached hydrogen (secondary N) is 1. The van der Waals surface area contributed by atoms with Crippen LogP contribution in [-0.4, -0.2) is 45.5 Å². The molecule has 0 radical (unpaired) electrons. The maximum absolute atomic E-state index is 10.7. The minimum Gasteiger partial charge on any atom is -0.326 e. The summed E-state index contributed by atoms with van der Waals surface area (Å²) in [5.74, 6) is 0.437. The minimum atomic E-state index is -0.452. The third-order valence-electron chi connectivity index (χ3n) is 5.62. The number of nitro benzene ring substituents is 3. The number of aliphatic imine (C=N–C) groups is 1. The number of nitro groups is 3. The fourth-order valence-corrected chi connectivity index (χ4v) is 3.88. The summed E-state index contributed by atoms with van der Waals surface area (Å²) in [7, 11) is 0. The molecule has 1 amide bonds. The summed E-state index contributed by atoms with van der Waals surface area (Å²) in [6.07, 6.45) is 0. The lowest BCUT2D eigenvalue weighted by molar-refractivity contribution is -0.385. The summed E-state index contributed by atoms with van der Waals surface area (Å²) in [6.45, 7) is 9.95. The predicted molar refractivity (Wildman–Crippen MR) is 167 cm³/mol. The van der Waals surface area contributed by atoms with Crippen LogP contribution in [0.25, 0.3) is 5.69 Å². The Morgan fingerprint density at radius 3 is 1.70 bits per heavy atom. The number of aromatic nitrogens is 4. The van der Waals surface area contributed by atoms with Crippen LogP contribution in [0.1, 0.15) is 36.4 Å². The molecule has 4 rings (SSSR count). The van der Waals surface area contributed by atoms with Gasteiger partial charge in [0.25, 0.3) is 17.1 Å². The molecule has 0 saturated heterocycles. The van der Waals surface area contributed by atoms with Crippen molar-refractivity contribution in [1.82, 2.24) is 20.2 Å². The molecule has 0 atom stereocenters. The van der Waals surface area contributed by atoms with Crippen molar-refractivity contribution in [3.8, 4) is 5.69 Å². The van der Waals surface area contributed by atoms with E-state index in [1.165, 1.54) is 35.9 Å². The Morgan fingerprint density at radius 2 is 1.30 bits per heavy atom. The van der Waals surface area contributed by atoms with Crippen molar-refractivity contribution < 1.29 is 19.6 Å². The van der Waals surface area contributed by atoms with E-state index in [1.54, 1.807) is 65.0 Å². The van der Waals surface area contributed by atoms with Crippen molar-refractivity contribution >= 4 is 54.9 Å². The maximum Gasteiger partial charge on any atom is 0.272 e. The van der Waals surface area contributed by atoms with Crippen LogP contribution in [0.2, 0.25) is 0 Å². The lowest BCUT2D eigenvalue weighted by Crippen LogP contribution is -2.06. The van der Waals surface area contributed by atoms with Crippen molar-refractivity contribution in [2.75, 3.05) is 5.32 Å². The number of nitrogens with zero attached hydrogens (tertiary/aromatic N) is 8. The predicted octanol–water partition coefficient (Wildman–Crippen LogP) is 6.40. The van der Waals surface area contributed by atoms with Crippen LogP contribution in [0.5, 0.6) is 0 Å². The van der Waals surface area contributed by atoms with Crippen LogP contribution >= 0.6 is 15.9 Å². The number of benzene rings is 3. The summed E-state index contributed by atoms with van der Waals surface area (Å²) in [5, 5.41) is 45.2. The summed E-state index contributed by atoms with van der Waals surface area (Å²) >= 11 is 3.20. The van der Waals surface area contributed by atoms with Gasteiger partial charge < -0.3 is 5.32 Å².